The zero-order chi connectivity index (χ0) is 25.4. The summed E-state index contributed by atoms with van der Waals surface area (Å²) >= 11 is 0. The summed E-state index contributed by atoms with van der Waals surface area (Å²) in [5.41, 5.74) is 6.48. The molecule has 0 spiro atoms. The number of nitrogens with zero attached hydrogens (tertiary/aromatic N) is 1. The maximum atomic E-state index is 13.0. The van der Waals surface area contributed by atoms with Crippen molar-refractivity contribution in [1.82, 2.24) is 4.90 Å². The predicted molar refractivity (Wildman–Crippen MR) is 138 cm³/mol. The van der Waals surface area contributed by atoms with Crippen LogP contribution in [-0.2, 0) is 14.2 Å². The van der Waals surface area contributed by atoms with Crippen LogP contribution in [0.1, 0.15) is 69.1 Å². The van der Waals surface area contributed by atoms with Crippen LogP contribution in [0.3, 0.4) is 0 Å². The van der Waals surface area contributed by atoms with Gasteiger partial charge in [-0.05, 0) is 92.6 Å². The van der Waals surface area contributed by atoms with Gasteiger partial charge in [0.1, 0.15) is 5.75 Å². The van der Waals surface area contributed by atoms with E-state index in [0.29, 0.717) is 18.5 Å². The van der Waals surface area contributed by atoms with Crippen molar-refractivity contribution in [3.63, 3.8) is 0 Å². The molecule has 2 amide bonds. The minimum absolute atomic E-state index is 0.0825. The van der Waals surface area contributed by atoms with E-state index in [1.807, 2.05) is 26.0 Å². The number of aryl methyl sites for hydroxylation is 2. The largest absolute Gasteiger partial charge is 0.507 e. The van der Waals surface area contributed by atoms with Crippen molar-refractivity contribution in [3.05, 3.63) is 45.5 Å². The molecule has 3 aliphatic rings. The first-order valence-electron chi connectivity index (χ1n) is 13.0. The second kappa shape index (κ2) is 10.3. The fourth-order valence-corrected chi connectivity index (χ4v) is 6.44. The lowest BCUT2D eigenvalue weighted by atomic mass is 9.58. The molecule has 1 aromatic rings. The first-order chi connectivity index (χ1) is 16.7. The molecule has 4 atom stereocenters. The van der Waals surface area contributed by atoms with Gasteiger partial charge in [0.25, 0.3) is 0 Å². The van der Waals surface area contributed by atoms with Crippen LogP contribution >= 0.6 is 0 Å². The van der Waals surface area contributed by atoms with Gasteiger partial charge < -0.3 is 14.8 Å². The van der Waals surface area contributed by atoms with Crippen LogP contribution in [0.4, 0.5) is 0 Å². The molecule has 2 aliphatic heterocycles. The van der Waals surface area contributed by atoms with Gasteiger partial charge in [-0.15, -0.1) is 0 Å². The van der Waals surface area contributed by atoms with Crippen LogP contribution in [-0.4, -0.2) is 47.1 Å². The van der Waals surface area contributed by atoms with Gasteiger partial charge in [-0.3, -0.25) is 14.5 Å². The molecule has 4 rings (SSSR count). The Kier molecular flexibility index (Phi) is 7.58. The number of phenols is 1. The van der Waals surface area contributed by atoms with Crippen molar-refractivity contribution in [2.45, 2.75) is 78.6 Å². The molecule has 0 radical (unpaired) electrons. The topological polar surface area (TPSA) is 87.1 Å². The number of fused-ring (bicyclic) bond motifs is 3. The summed E-state index contributed by atoms with van der Waals surface area (Å²) in [5.74, 6) is -0.678. The van der Waals surface area contributed by atoms with E-state index in [2.05, 4.69) is 19.9 Å². The third-order valence-corrected chi connectivity index (χ3v) is 8.15. The fraction of sp³-hybridized carbons (Fsp3) is 0.571. The molecule has 2 saturated heterocycles. The molecule has 2 fully saturated rings. The molecule has 2 heterocycles. The van der Waals surface area contributed by atoms with Crippen LogP contribution in [0.15, 0.2) is 28.9 Å². The molecule has 6 nitrogen and oxygen atoms in total. The van der Waals surface area contributed by atoms with Crippen molar-refractivity contribution in [3.8, 4) is 5.75 Å². The standard InChI is InChI=1S/C28H38BNO5/c1-6-8-20-14-21-25(28(33)30(5)27(21)32)22-15-29(34)35-23(24(20)22)10-9-18(7-2)13-19-11-16(3)26(31)17(4)12-19/h11-13,21-23,25,31,34H,6-10,14-15H2,1-5H3/b18-13+/t21-,22+,23-,25-/m1/s1. The average molecular weight is 479 g/mol. The number of amides is 2. The van der Waals surface area contributed by atoms with Crippen molar-refractivity contribution >= 4 is 25.0 Å². The number of aromatic hydroxyl groups is 1. The summed E-state index contributed by atoms with van der Waals surface area (Å²) < 4.78 is 6.10. The van der Waals surface area contributed by atoms with E-state index in [9.17, 15) is 19.7 Å². The fourth-order valence-electron chi connectivity index (χ4n) is 6.44. The van der Waals surface area contributed by atoms with Gasteiger partial charge in [-0.1, -0.05) is 37.5 Å². The third-order valence-electron chi connectivity index (χ3n) is 8.15. The predicted octanol–water partition coefficient (Wildman–Crippen LogP) is 4.81. The SMILES string of the molecule is CCCC1=C2[C@@H](CC/C(=C/c3cc(C)c(O)c(C)c3)CC)OB(O)C[C@@H]2[C@@H]2C(=O)N(C)C(=O)[C@@H]2C1. The van der Waals surface area contributed by atoms with Gasteiger partial charge in [-0.2, -0.15) is 0 Å². The maximum Gasteiger partial charge on any atom is 0.455 e. The molecule has 0 saturated carbocycles. The Labute approximate surface area is 209 Å². The smallest absolute Gasteiger partial charge is 0.455 e. The Hall–Kier alpha value is -2.38. The van der Waals surface area contributed by atoms with Gasteiger partial charge in [0, 0.05) is 7.05 Å². The molecule has 0 unspecified atom stereocenters. The molecule has 7 heteroatoms. The summed E-state index contributed by atoms with van der Waals surface area (Å²) in [5, 5.41) is 20.7. The van der Waals surface area contributed by atoms with Crippen molar-refractivity contribution in [2.24, 2.45) is 17.8 Å². The molecule has 1 aliphatic carbocycles. The summed E-state index contributed by atoms with van der Waals surface area (Å²) in [6.07, 6.45) is 7.20. The summed E-state index contributed by atoms with van der Waals surface area (Å²) in [7, 11) is 0.654. The Balaban J connectivity index is 1.61. The van der Waals surface area contributed by atoms with E-state index in [1.165, 1.54) is 21.6 Å². The highest BCUT2D eigenvalue weighted by molar-refractivity contribution is 6.43. The summed E-state index contributed by atoms with van der Waals surface area (Å²) in [4.78, 5) is 27.1. The Morgan fingerprint density at radius 1 is 1.17 bits per heavy atom. The second-order valence-electron chi connectivity index (χ2n) is 10.5. The highest BCUT2D eigenvalue weighted by Gasteiger charge is 2.56. The highest BCUT2D eigenvalue weighted by Crippen LogP contribution is 2.51. The zero-order valence-electron chi connectivity index (χ0n) is 21.6. The lowest BCUT2D eigenvalue weighted by Crippen LogP contribution is -2.46. The number of carbonyl (C=O) groups excluding carboxylic acids is 2. The van der Waals surface area contributed by atoms with E-state index >= 15 is 0 Å². The molecule has 35 heavy (non-hydrogen) atoms. The van der Waals surface area contributed by atoms with E-state index < -0.39 is 7.12 Å². The van der Waals surface area contributed by atoms with Crippen molar-refractivity contribution < 1.29 is 24.4 Å². The molecule has 188 valence electrons. The second-order valence-corrected chi connectivity index (χ2v) is 10.5. The molecule has 0 bridgehead atoms. The number of phenolic OH excluding ortho intramolecular Hbond substituents is 1. The first kappa shape index (κ1) is 25.7. The molecular weight excluding hydrogens is 441 g/mol. The van der Waals surface area contributed by atoms with Gasteiger partial charge in [0.05, 0.1) is 17.9 Å². The monoisotopic (exact) mass is 479 g/mol. The minimum Gasteiger partial charge on any atom is -0.507 e. The minimum atomic E-state index is -0.930. The normalized spacial score (nSPS) is 27.0. The number of allylic oxidation sites excluding steroid dienone is 2. The maximum absolute atomic E-state index is 13.0. The molecule has 2 N–H and O–H groups in total. The van der Waals surface area contributed by atoms with Gasteiger partial charge >= 0.3 is 7.12 Å². The number of hydrogen-bond donors (Lipinski definition) is 2. The summed E-state index contributed by atoms with van der Waals surface area (Å²) in [6.45, 7) is 8.09. The number of rotatable bonds is 7. The van der Waals surface area contributed by atoms with E-state index in [0.717, 1.165) is 48.8 Å². The number of benzene rings is 1. The quantitative estimate of drug-likeness (QED) is 0.333. The van der Waals surface area contributed by atoms with E-state index in [4.69, 9.17) is 4.65 Å². The zero-order valence-corrected chi connectivity index (χ0v) is 21.6. The highest BCUT2D eigenvalue weighted by atomic mass is 16.5. The molecule has 1 aromatic carbocycles. The average Bonchev–Trinajstić information content (AvgIpc) is 3.03. The van der Waals surface area contributed by atoms with Crippen LogP contribution in [0.2, 0.25) is 6.32 Å². The lowest BCUT2D eigenvalue weighted by Gasteiger charge is -2.43. The lowest BCUT2D eigenvalue weighted by molar-refractivity contribution is -0.138. The van der Waals surface area contributed by atoms with E-state index in [-0.39, 0.29) is 35.7 Å². The Bertz CT molecular complexity index is 1050. The number of imide groups is 1. The van der Waals surface area contributed by atoms with Gasteiger partial charge in [-0.25, -0.2) is 0 Å². The van der Waals surface area contributed by atoms with Crippen LogP contribution in [0.25, 0.3) is 6.08 Å². The number of likely N-dealkylation sites (tertiary alicyclic amines) is 1. The Morgan fingerprint density at radius 2 is 1.86 bits per heavy atom. The Morgan fingerprint density at radius 3 is 2.49 bits per heavy atom. The van der Waals surface area contributed by atoms with Crippen molar-refractivity contribution in [1.29, 1.82) is 0 Å². The van der Waals surface area contributed by atoms with Crippen LogP contribution in [0, 0.1) is 31.6 Å². The van der Waals surface area contributed by atoms with Crippen LogP contribution < -0.4 is 0 Å². The third kappa shape index (κ3) is 4.85. The number of carbonyl (C=O) groups is 2. The summed E-state index contributed by atoms with van der Waals surface area (Å²) in [6, 6.07) is 3.99. The molecule has 0 aromatic heterocycles. The van der Waals surface area contributed by atoms with Crippen molar-refractivity contribution in [2.75, 3.05) is 7.05 Å². The van der Waals surface area contributed by atoms with E-state index in [1.54, 1.807) is 7.05 Å². The number of hydrogen-bond acceptors (Lipinski definition) is 5. The van der Waals surface area contributed by atoms with Gasteiger partial charge in [0.2, 0.25) is 11.8 Å². The first-order valence-corrected chi connectivity index (χ1v) is 13.0. The van der Waals surface area contributed by atoms with Crippen LogP contribution in [0.5, 0.6) is 5.75 Å². The van der Waals surface area contributed by atoms with Gasteiger partial charge in [0.15, 0.2) is 0 Å². The molecular formula is C28H38BNO5.